The molecule has 2 aromatic rings. The fraction of sp³-hybridized carbons (Fsp3) is 0.417. The van der Waals surface area contributed by atoms with E-state index >= 15 is 0 Å². The van der Waals surface area contributed by atoms with E-state index in [-0.39, 0.29) is 18.3 Å². The van der Waals surface area contributed by atoms with Gasteiger partial charge in [-0.15, -0.1) is 0 Å². The second kappa shape index (κ2) is 8.04. The molecule has 0 radical (unpaired) electrons. The van der Waals surface area contributed by atoms with Gasteiger partial charge in [-0.3, -0.25) is 0 Å². The first-order chi connectivity index (χ1) is 12.8. The summed E-state index contributed by atoms with van der Waals surface area (Å²) in [5.41, 5.74) is 4.59. The lowest BCUT2D eigenvalue weighted by atomic mass is 9.71. The number of allylic oxidation sites excluding steroid dienone is 2. The second-order valence-electron chi connectivity index (χ2n) is 8.30. The second-order valence-corrected chi connectivity index (χ2v) is 8.30. The van der Waals surface area contributed by atoms with Gasteiger partial charge in [0.15, 0.2) is 0 Å². The van der Waals surface area contributed by atoms with Gasteiger partial charge in [0.1, 0.15) is 0 Å². The van der Waals surface area contributed by atoms with Gasteiger partial charge in [-0.25, -0.2) is 0 Å². The smallest absolute Gasteiger partial charge is 0.400 e. The molecule has 0 aromatic heterocycles. The van der Waals surface area contributed by atoms with Crippen LogP contribution in [0.3, 0.4) is 0 Å². The molecule has 3 heteroatoms. The van der Waals surface area contributed by atoms with Crippen molar-refractivity contribution in [3.8, 4) is 0 Å². The molecule has 0 bridgehead atoms. The summed E-state index contributed by atoms with van der Waals surface area (Å²) < 4.78 is 12.8. The monoisotopic (exact) mass is 362 g/mol. The van der Waals surface area contributed by atoms with Crippen LogP contribution in [0.5, 0.6) is 0 Å². The van der Waals surface area contributed by atoms with Gasteiger partial charge in [-0.05, 0) is 69.1 Å². The minimum absolute atomic E-state index is 0.286. The van der Waals surface area contributed by atoms with Gasteiger partial charge in [0.2, 0.25) is 0 Å². The zero-order valence-electron chi connectivity index (χ0n) is 17.3. The van der Waals surface area contributed by atoms with Crippen LogP contribution in [-0.2, 0) is 15.7 Å². The Kier molecular flexibility index (Phi) is 5.93. The normalized spacial score (nSPS) is 19.1. The molecule has 0 amide bonds. The van der Waals surface area contributed by atoms with E-state index in [0.717, 1.165) is 19.3 Å². The minimum atomic E-state index is -0.320. The van der Waals surface area contributed by atoms with Crippen LogP contribution in [0.15, 0.2) is 66.1 Å². The van der Waals surface area contributed by atoms with Crippen LogP contribution in [0.2, 0.25) is 0 Å². The highest BCUT2D eigenvalue weighted by molar-refractivity contribution is 6.56. The van der Waals surface area contributed by atoms with Crippen LogP contribution in [0, 0.1) is 0 Å². The Morgan fingerprint density at radius 1 is 0.815 bits per heavy atom. The molecule has 0 spiro atoms. The van der Waals surface area contributed by atoms with Crippen LogP contribution < -0.4 is 0 Å². The molecule has 1 fully saturated rings. The maximum Gasteiger partial charge on any atom is 0.490 e. The van der Waals surface area contributed by atoms with Crippen LogP contribution in [0.4, 0.5) is 0 Å². The number of benzene rings is 2. The number of rotatable bonds is 6. The van der Waals surface area contributed by atoms with Crippen molar-refractivity contribution < 1.29 is 9.31 Å². The highest BCUT2D eigenvalue weighted by Gasteiger charge is 2.52. The van der Waals surface area contributed by atoms with Gasteiger partial charge in [-0.2, -0.15) is 0 Å². The topological polar surface area (TPSA) is 18.5 Å². The zero-order valence-corrected chi connectivity index (χ0v) is 17.3. The standard InChI is InChI=1S/C24H31BO2/c1-6-22(25-26-23(2,3)24(4,5)27-25)21(20-15-11-8-12-16-20)18-17-19-13-9-7-10-14-19/h7-16H,6,17-18H2,1-5H3/b22-21+. The maximum absolute atomic E-state index is 6.39. The largest absolute Gasteiger partial charge is 0.490 e. The van der Waals surface area contributed by atoms with E-state index in [4.69, 9.17) is 9.31 Å². The van der Waals surface area contributed by atoms with Crippen molar-refractivity contribution in [1.82, 2.24) is 0 Å². The van der Waals surface area contributed by atoms with Gasteiger partial charge in [0, 0.05) is 0 Å². The number of hydrogen-bond acceptors (Lipinski definition) is 2. The fourth-order valence-corrected chi connectivity index (χ4v) is 3.55. The summed E-state index contributed by atoms with van der Waals surface area (Å²) in [4.78, 5) is 0. The first kappa shape index (κ1) is 19.9. The average Bonchev–Trinajstić information content (AvgIpc) is 2.87. The lowest BCUT2D eigenvalue weighted by molar-refractivity contribution is 0.00578. The van der Waals surface area contributed by atoms with Gasteiger partial charge < -0.3 is 9.31 Å². The Balaban J connectivity index is 1.96. The molecule has 1 aliphatic heterocycles. The summed E-state index contributed by atoms with van der Waals surface area (Å²) in [6.45, 7) is 10.7. The predicted octanol–water partition coefficient (Wildman–Crippen LogP) is 6.11. The molecule has 3 rings (SSSR count). The van der Waals surface area contributed by atoms with Crippen LogP contribution in [0.1, 0.15) is 58.6 Å². The molecule has 142 valence electrons. The van der Waals surface area contributed by atoms with E-state index in [0.29, 0.717) is 0 Å². The van der Waals surface area contributed by atoms with Crippen molar-refractivity contribution in [2.75, 3.05) is 0 Å². The molecule has 0 unspecified atom stereocenters. The van der Waals surface area contributed by atoms with E-state index < -0.39 is 0 Å². The van der Waals surface area contributed by atoms with E-state index in [1.165, 1.54) is 22.2 Å². The first-order valence-corrected chi connectivity index (χ1v) is 10.0. The molecule has 27 heavy (non-hydrogen) atoms. The first-order valence-electron chi connectivity index (χ1n) is 10.0. The molecule has 0 atom stereocenters. The van der Waals surface area contributed by atoms with E-state index in [2.05, 4.69) is 95.3 Å². The molecule has 0 N–H and O–H groups in total. The maximum atomic E-state index is 6.39. The number of aryl methyl sites for hydroxylation is 1. The Morgan fingerprint density at radius 3 is 1.85 bits per heavy atom. The SMILES string of the molecule is CC/C(B1OC(C)(C)C(C)(C)O1)=C(/CCc1ccccc1)c1ccccc1. The average molecular weight is 362 g/mol. The van der Waals surface area contributed by atoms with Crippen LogP contribution >= 0.6 is 0 Å². The molecule has 1 heterocycles. The van der Waals surface area contributed by atoms with E-state index in [9.17, 15) is 0 Å². The highest BCUT2D eigenvalue weighted by Crippen LogP contribution is 2.41. The number of hydrogen-bond donors (Lipinski definition) is 0. The summed E-state index contributed by atoms with van der Waals surface area (Å²) in [7, 11) is -0.286. The van der Waals surface area contributed by atoms with Crippen molar-refractivity contribution in [3.63, 3.8) is 0 Å². The predicted molar refractivity (Wildman–Crippen MR) is 114 cm³/mol. The lowest BCUT2D eigenvalue weighted by Gasteiger charge is -2.32. The van der Waals surface area contributed by atoms with Gasteiger partial charge >= 0.3 is 7.12 Å². The molecule has 2 nitrogen and oxygen atoms in total. The quantitative estimate of drug-likeness (QED) is 0.577. The van der Waals surface area contributed by atoms with Crippen molar-refractivity contribution in [1.29, 1.82) is 0 Å². The molecule has 1 saturated heterocycles. The Hall–Kier alpha value is -1.84. The van der Waals surface area contributed by atoms with Crippen molar-refractivity contribution in [3.05, 3.63) is 77.3 Å². The van der Waals surface area contributed by atoms with Crippen molar-refractivity contribution in [2.24, 2.45) is 0 Å². The highest BCUT2D eigenvalue weighted by atomic mass is 16.7. The molecular weight excluding hydrogens is 331 g/mol. The summed E-state index contributed by atoms with van der Waals surface area (Å²) in [5, 5.41) is 0. The van der Waals surface area contributed by atoms with Crippen LogP contribution in [-0.4, -0.2) is 18.3 Å². The molecule has 1 aliphatic rings. The third-order valence-electron chi connectivity index (χ3n) is 5.94. The van der Waals surface area contributed by atoms with Crippen molar-refractivity contribution >= 4 is 12.7 Å². The minimum Gasteiger partial charge on any atom is -0.400 e. The van der Waals surface area contributed by atoms with Crippen LogP contribution in [0.25, 0.3) is 5.57 Å². The van der Waals surface area contributed by atoms with Gasteiger partial charge in [0.05, 0.1) is 11.2 Å². The summed E-state index contributed by atoms with van der Waals surface area (Å²) in [5.74, 6) is 0. The summed E-state index contributed by atoms with van der Waals surface area (Å²) >= 11 is 0. The summed E-state index contributed by atoms with van der Waals surface area (Å²) in [6.07, 6.45) is 2.89. The van der Waals surface area contributed by atoms with E-state index in [1.54, 1.807) is 0 Å². The molecular formula is C24H31BO2. The van der Waals surface area contributed by atoms with Crippen molar-refractivity contribution in [2.45, 2.75) is 65.1 Å². The van der Waals surface area contributed by atoms with Gasteiger partial charge in [0.25, 0.3) is 0 Å². The Bertz CT molecular complexity index is 763. The Labute approximate surface area is 164 Å². The fourth-order valence-electron chi connectivity index (χ4n) is 3.55. The van der Waals surface area contributed by atoms with Gasteiger partial charge in [-0.1, -0.05) is 67.6 Å². The lowest BCUT2D eigenvalue weighted by Crippen LogP contribution is -2.41. The third kappa shape index (κ3) is 4.36. The zero-order chi connectivity index (χ0) is 19.5. The van der Waals surface area contributed by atoms with E-state index in [1.807, 2.05) is 0 Å². The molecule has 2 aromatic carbocycles. The molecule has 0 saturated carbocycles. The molecule has 0 aliphatic carbocycles. The summed E-state index contributed by atoms with van der Waals surface area (Å²) in [6, 6.07) is 21.4. The Morgan fingerprint density at radius 2 is 1.33 bits per heavy atom. The third-order valence-corrected chi connectivity index (χ3v) is 5.94.